The summed E-state index contributed by atoms with van der Waals surface area (Å²) in [7, 11) is 0. The lowest BCUT2D eigenvalue weighted by molar-refractivity contribution is -0.325. The molecule has 0 amide bonds. The van der Waals surface area contributed by atoms with Crippen LogP contribution in [0.2, 0.25) is 0 Å². The van der Waals surface area contributed by atoms with E-state index in [0.29, 0.717) is 29.9 Å². The molecule has 0 radical (unpaired) electrons. The Morgan fingerprint density at radius 1 is 1.28 bits per heavy atom. The molecule has 0 atom stereocenters. The van der Waals surface area contributed by atoms with Gasteiger partial charge in [-0.1, -0.05) is 6.92 Å². The quantitative estimate of drug-likeness (QED) is 0.589. The number of nitrogens with one attached hydrogen (secondary N) is 1. The van der Waals surface area contributed by atoms with Gasteiger partial charge in [0.25, 0.3) is 5.56 Å². The standard InChI is InChI=1S/C18H25F3N4O3S/c1-11-12(9-23-6-5-22)29-15-13(11)14(26)25(10-17(2)3-4-17)16(27)24(15)7-8-28-18(19,20)21/h23H,3-10,22H2,1-2H3. The molecule has 7 nitrogen and oxygen atoms in total. The smallest absolute Gasteiger partial charge is 0.329 e. The molecule has 3 rings (SSSR count). The zero-order valence-corrected chi connectivity index (χ0v) is 17.2. The number of aromatic nitrogens is 2. The molecule has 29 heavy (non-hydrogen) atoms. The van der Waals surface area contributed by atoms with Crippen LogP contribution in [0.25, 0.3) is 10.2 Å². The van der Waals surface area contributed by atoms with Gasteiger partial charge in [-0.05, 0) is 30.7 Å². The molecule has 0 bridgehead atoms. The summed E-state index contributed by atoms with van der Waals surface area (Å²) in [5.41, 5.74) is 5.12. The first-order valence-electron chi connectivity index (χ1n) is 9.43. The highest BCUT2D eigenvalue weighted by molar-refractivity contribution is 7.18. The number of alkyl halides is 3. The highest BCUT2D eigenvalue weighted by Crippen LogP contribution is 2.46. The van der Waals surface area contributed by atoms with E-state index in [1.807, 2.05) is 6.92 Å². The van der Waals surface area contributed by atoms with Crippen molar-refractivity contribution in [1.29, 1.82) is 0 Å². The molecule has 2 aromatic heterocycles. The first-order valence-corrected chi connectivity index (χ1v) is 10.2. The first-order chi connectivity index (χ1) is 13.6. The number of hydrogen-bond acceptors (Lipinski definition) is 6. The summed E-state index contributed by atoms with van der Waals surface area (Å²) in [6.45, 7) is 4.56. The number of nitrogens with two attached hydrogens (primary N) is 1. The average Bonchev–Trinajstić information content (AvgIpc) is 3.27. The van der Waals surface area contributed by atoms with E-state index in [2.05, 4.69) is 10.1 Å². The van der Waals surface area contributed by atoms with Crippen molar-refractivity contribution >= 4 is 21.6 Å². The van der Waals surface area contributed by atoms with E-state index in [1.54, 1.807) is 6.92 Å². The molecule has 1 fully saturated rings. The van der Waals surface area contributed by atoms with Crippen LogP contribution in [-0.4, -0.2) is 35.2 Å². The lowest BCUT2D eigenvalue weighted by Gasteiger charge is -2.15. The van der Waals surface area contributed by atoms with Crippen LogP contribution < -0.4 is 22.3 Å². The molecule has 11 heteroatoms. The normalized spacial score (nSPS) is 15.9. The maximum absolute atomic E-state index is 13.1. The van der Waals surface area contributed by atoms with Crippen LogP contribution in [0.15, 0.2) is 9.59 Å². The summed E-state index contributed by atoms with van der Waals surface area (Å²) >= 11 is 1.24. The number of aryl methyl sites for hydroxylation is 1. The van der Waals surface area contributed by atoms with Crippen molar-refractivity contribution in [2.24, 2.45) is 11.1 Å². The molecule has 1 aliphatic rings. The van der Waals surface area contributed by atoms with Crippen LogP contribution in [0.3, 0.4) is 0 Å². The number of ether oxygens (including phenoxy) is 1. The van der Waals surface area contributed by atoms with Gasteiger partial charge in [-0.3, -0.25) is 18.7 Å². The van der Waals surface area contributed by atoms with Crippen LogP contribution in [0, 0.1) is 12.3 Å². The van der Waals surface area contributed by atoms with Crippen molar-refractivity contribution in [2.75, 3.05) is 19.7 Å². The molecule has 0 aliphatic heterocycles. The summed E-state index contributed by atoms with van der Waals surface area (Å²) in [4.78, 5) is 27.4. The number of hydrogen-bond donors (Lipinski definition) is 2. The van der Waals surface area contributed by atoms with Gasteiger partial charge in [0.15, 0.2) is 0 Å². The minimum absolute atomic E-state index is 0.119. The molecular weight excluding hydrogens is 409 g/mol. The third kappa shape index (κ3) is 4.90. The zero-order chi connectivity index (χ0) is 21.4. The second kappa shape index (κ2) is 8.21. The van der Waals surface area contributed by atoms with Crippen LogP contribution in [-0.2, 0) is 24.4 Å². The molecule has 0 saturated heterocycles. The fraction of sp³-hybridized carbons (Fsp3) is 0.667. The summed E-state index contributed by atoms with van der Waals surface area (Å²) in [5, 5.41) is 3.53. The summed E-state index contributed by atoms with van der Waals surface area (Å²) in [6, 6.07) is 0. The van der Waals surface area contributed by atoms with E-state index in [9.17, 15) is 22.8 Å². The van der Waals surface area contributed by atoms with E-state index in [1.165, 1.54) is 20.5 Å². The van der Waals surface area contributed by atoms with Crippen molar-refractivity contribution in [3.8, 4) is 0 Å². The number of halogens is 3. The van der Waals surface area contributed by atoms with Crippen molar-refractivity contribution in [3.05, 3.63) is 31.3 Å². The first kappa shape index (κ1) is 22.0. The van der Waals surface area contributed by atoms with Gasteiger partial charge in [0, 0.05) is 31.1 Å². The molecule has 0 unspecified atom stereocenters. The fourth-order valence-electron chi connectivity index (χ4n) is 3.26. The Kier molecular flexibility index (Phi) is 6.23. The Hall–Kier alpha value is -1.69. The van der Waals surface area contributed by atoms with E-state index >= 15 is 0 Å². The monoisotopic (exact) mass is 434 g/mol. The van der Waals surface area contributed by atoms with Crippen molar-refractivity contribution in [1.82, 2.24) is 14.5 Å². The SMILES string of the molecule is Cc1c(CNCCN)sc2c1c(=O)n(CC1(C)CC1)c(=O)n2CCOC(F)(F)F. The van der Waals surface area contributed by atoms with Crippen molar-refractivity contribution in [3.63, 3.8) is 0 Å². The molecule has 3 N–H and O–H groups in total. The molecule has 162 valence electrons. The van der Waals surface area contributed by atoms with Crippen LogP contribution in [0.1, 0.15) is 30.2 Å². The molecule has 0 aromatic carbocycles. The summed E-state index contributed by atoms with van der Waals surface area (Å²) in [6.07, 6.45) is -2.96. The largest absolute Gasteiger partial charge is 0.522 e. The lowest BCUT2D eigenvalue weighted by Crippen LogP contribution is -2.42. The van der Waals surface area contributed by atoms with Gasteiger partial charge in [0.05, 0.1) is 18.5 Å². The molecule has 1 aliphatic carbocycles. The maximum Gasteiger partial charge on any atom is 0.522 e. The van der Waals surface area contributed by atoms with Gasteiger partial charge in [-0.2, -0.15) is 0 Å². The zero-order valence-electron chi connectivity index (χ0n) is 16.4. The average molecular weight is 434 g/mol. The minimum Gasteiger partial charge on any atom is -0.329 e. The lowest BCUT2D eigenvalue weighted by atomic mass is 10.1. The van der Waals surface area contributed by atoms with Gasteiger partial charge in [-0.15, -0.1) is 24.5 Å². The van der Waals surface area contributed by atoms with Crippen LogP contribution in [0.4, 0.5) is 13.2 Å². The van der Waals surface area contributed by atoms with E-state index in [4.69, 9.17) is 5.73 Å². The molecule has 2 heterocycles. The van der Waals surface area contributed by atoms with E-state index < -0.39 is 18.7 Å². The highest BCUT2D eigenvalue weighted by Gasteiger charge is 2.39. The number of fused-ring (bicyclic) bond motifs is 1. The van der Waals surface area contributed by atoms with Gasteiger partial charge in [-0.25, -0.2) is 4.79 Å². The number of rotatable bonds is 9. The maximum atomic E-state index is 13.1. The van der Waals surface area contributed by atoms with Gasteiger partial charge in [0.2, 0.25) is 0 Å². The van der Waals surface area contributed by atoms with Crippen LogP contribution in [0.5, 0.6) is 0 Å². The third-order valence-corrected chi connectivity index (χ3v) is 6.54. The Labute approximate surface area is 169 Å². The van der Waals surface area contributed by atoms with Crippen molar-refractivity contribution < 1.29 is 17.9 Å². The second-order valence-corrected chi connectivity index (χ2v) is 8.81. The summed E-state index contributed by atoms with van der Waals surface area (Å²) < 4.78 is 43.5. The highest BCUT2D eigenvalue weighted by atomic mass is 32.1. The Morgan fingerprint density at radius 3 is 2.55 bits per heavy atom. The van der Waals surface area contributed by atoms with E-state index in [-0.39, 0.29) is 24.1 Å². The Morgan fingerprint density at radius 2 is 1.97 bits per heavy atom. The summed E-state index contributed by atoms with van der Waals surface area (Å²) in [5.74, 6) is 0. The molecular formula is C18H25F3N4O3S. The molecule has 2 aromatic rings. The molecule has 0 spiro atoms. The van der Waals surface area contributed by atoms with Gasteiger partial charge in [0.1, 0.15) is 4.83 Å². The topological polar surface area (TPSA) is 91.3 Å². The second-order valence-electron chi connectivity index (χ2n) is 7.73. The van der Waals surface area contributed by atoms with Crippen molar-refractivity contribution in [2.45, 2.75) is 52.7 Å². The fourth-order valence-corrected chi connectivity index (χ4v) is 4.54. The number of nitrogens with zero attached hydrogens (tertiary/aromatic N) is 2. The van der Waals surface area contributed by atoms with Crippen LogP contribution >= 0.6 is 11.3 Å². The Bertz CT molecular complexity index is 1000. The van der Waals surface area contributed by atoms with Gasteiger partial charge >= 0.3 is 12.1 Å². The van der Waals surface area contributed by atoms with E-state index in [0.717, 1.165) is 23.3 Å². The minimum atomic E-state index is -4.78. The van der Waals surface area contributed by atoms with Gasteiger partial charge < -0.3 is 11.1 Å². The number of thiophene rings is 1. The predicted octanol–water partition coefficient (Wildman–Crippen LogP) is 1.92. The molecule has 1 saturated carbocycles. The Balaban J connectivity index is 2.07. The third-order valence-electron chi connectivity index (χ3n) is 5.22. The predicted molar refractivity (Wildman–Crippen MR) is 105 cm³/mol.